The Bertz CT molecular complexity index is 1890. The molecule has 0 unspecified atom stereocenters. The van der Waals surface area contributed by atoms with Crippen molar-refractivity contribution in [3.8, 4) is 28.2 Å². The predicted molar refractivity (Wildman–Crippen MR) is 154 cm³/mol. The minimum atomic E-state index is 0.981. The Morgan fingerprint density at radius 1 is 0.639 bits per heavy atom. The van der Waals surface area contributed by atoms with E-state index in [2.05, 4.69) is 128 Å². The first-order valence-corrected chi connectivity index (χ1v) is 13.1. The quantitative estimate of drug-likeness (QED) is 0.246. The summed E-state index contributed by atoms with van der Waals surface area (Å²) in [7, 11) is 0. The van der Waals surface area contributed by atoms with Crippen LogP contribution in [0, 0.1) is 13.8 Å². The van der Waals surface area contributed by atoms with E-state index in [1.54, 1.807) is 0 Å². The second-order valence-electron chi connectivity index (χ2n) is 9.36. The van der Waals surface area contributed by atoms with E-state index in [-0.39, 0.29) is 0 Å². The van der Waals surface area contributed by atoms with Crippen molar-refractivity contribution in [2.45, 2.75) is 13.8 Å². The molecular formula is C33H24N2S. The standard InChI is InChI=1S/C33H24N2S/c1-21-10-8-11-22(2)31(21)35-29-17-7-6-16-28(29)34-33(35)24-18-19-30-27(20-24)26-15-9-14-25(32(26)36-30)23-12-4-3-5-13-23/h3-20H,1-2H3. The molecule has 0 atom stereocenters. The fourth-order valence-corrected chi connectivity index (χ4v) is 6.61. The molecule has 0 radical (unpaired) electrons. The molecule has 0 bridgehead atoms. The molecule has 36 heavy (non-hydrogen) atoms. The summed E-state index contributed by atoms with van der Waals surface area (Å²) in [6.45, 7) is 4.36. The van der Waals surface area contributed by atoms with Crippen molar-refractivity contribution in [2.24, 2.45) is 0 Å². The third kappa shape index (κ3) is 3.20. The lowest BCUT2D eigenvalue weighted by molar-refractivity contribution is 1.06. The number of para-hydroxylation sites is 3. The summed E-state index contributed by atoms with van der Waals surface area (Å²) < 4.78 is 4.97. The Morgan fingerprint density at radius 2 is 1.39 bits per heavy atom. The van der Waals surface area contributed by atoms with Gasteiger partial charge in [0, 0.05) is 25.7 Å². The molecule has 3 heteroatoms. The molecule has 5 aromatic carbocycles. The smallest absolute Gasteiger partial charge is 0.145 e. The molecule has 7 aromatic rings. The number of imidazole rings is 1. The van der Waals surface area contributed by atoms with Gasteiger partial charge in [-0.25, -0.2) is 4.98 Å². The van der Waals surface area contributed by atoms with Crippen LogP contribution in [-0.4, -0.2) is 9.55 Å². The maximum absolute atomic E-state index is 5.14. The van der Waals surface area contributed by atoms with E-state index in [1.807, 2.05) is 11.3 Å². The molecule has 0 saturated carbocycles. The number of hydrogen-bond acceptors (Lipinski definition) is 2. The minimum absolute atomic E-state index is 0.981. The lowest BCUT2D eigenvalue weighted by atomic mass is 10.0. The van der Waals surface area contributed by atoms with E-state index in [4.69, 9.17) is 4.98 Å². The van der Waals surface area contributed by atoms with Crippen molar-refractivity contribution in [1.29, 1.82) is 0 Å². The fourth-order valence-electron chi connectivity index (χ4n) is 5.39. The van der Waals surface area contributed by atoms with Gasteiger partial charge in [-0.2, -0.15) is 0 Å². The monoisotopic (exact) mass is 480 g/mol. The Hall–Kier alpha value is -4.21. The number of fused-ring (bicyclic) bond motifs is 4. The number of benzene rings is 5. The summed E-state index contributed by atoms with van der Waals surface area (Å²) >= 11 is 1.87. The van der Waals surface area contributed by atoms with Gasteiger partial charge in [-0.05, 0) is 66.4 Å². The van der Waals surface area contributed by atoms with E-state index >= 15 is 0 Å². The average Bonchev–Trinajstić information content (AvgIpc) is 3.47. The Kier molecular flexibility index (Phi) is 4.80. The molecule has 0 N–H and O–H groups in total. The van der Waals surface area contributed by atoms with Gasteiger partial charge in [0.15, 0.2) is 0 Å². The van der Waals surface area contributed by atoms with Gasteiger partial charge in [-0.1, -0.05) is 78.9 Å². The highest BCUT2D eigenvalue weighted by molar-refractivity contribution is 7.26. The Morgan fingerprint density at radius 3 is 2.22 bits per heavy atom. The van der Waals surface area contributed by atoms with Crippen molar-refractivity contribution < 1.29 is 0 Å². The first kappa shape index (κ1) is 21.1. The molecular weight excluding hydrogens is 456 g/mol. The van der Waals surface area contributed by atoms with E-state index in [0.29, 0.717) is 0 Å². The summed E-state index contributed by atoms with van der Waals surface area (Å²) in [5.74, 6) is 0.981. The average molecular weight is 481 g/mol. The molecule has 2 heterocycles. The van der Waals surface area contributed by atoms with Crippen LogP contribution >= 0.6 is 11.3 Å². The molecule has 7 rings (SSSR count). The lowest BCUT2D eigenvalue weighted by Gasteiger charge is -2.15. The van der Waals surface area contributed by atoms with Crippen LogP contribution in [0.1, 0.15) is 11.1 Å². The number of aryl methyl sites for hydroxylation is 2. The van der Waals surface area contributed by atoms with Crippen molar-refractivity contribution in [3.63, 3.8) is 0 Å². The van der Waals surface area contributed by atoms with Crippen LogP contribution in [-0.2, 0) is 0 Å². The van der Waals surface area contributed by atoms with Gasteiger partial charge in [0.05, 0.1) is 16.7 Å². The number of aromatic nitrogens is 2. The van der Waals surface area contributed by atoms with Crippen LogP contribution in [0.2, 0.25) is 0 Å². The zero-order valence-corrected chi connectivity index (χ0v) is 21.0. The summed E-state index contributed by atoms with van der Waals surface area (Å²) in [4.78, 5) is 5.14. The normalized spacial score (nSPS) is 11.6. The highest BCUT2D eigenvalue weighted by Crippen LogP contribution is 2.42. The predicted octanol–water partition coefficient (Wildman–Crippen LogP) is 9.34. The minimum Gasteiger partial charge on any atom is -0.292 e. The number of rotatable bonds is 3. The van der Waals surface area contributed by atoms with Gasteiger partial charge in [-0.3, -0.25) is 4.57 Å². The van der Waals surface area contributed by atoms with Crippen LogP contribution in [0.3, 0.4) is 0 Å². The van der Waals surface area contributed by atoms with Gasteiger partial charge < -0.3 is 0 Å². The largest absolute Gasteiger partial charge is 0.292 e. The van der Waals surface area contributed by atoms with Crippen LogP contribution in [0.25, 0.3) is 59.4 Å². The second-order valence-corrected chi connectivity index (χ2v) is 10.4. The van der Waals surface area contributed by atoms with Gasteiger partial charge in [0.25, 0.3) is 0 Å². The van der Waals surface area contributed by atoms with E-state index < -0.39 is 0 Å². The molecule has 0 aliphatic heterocycles. The van der Waals surface area contributed by atoms with Crippen molar-refractivity contribution in [3.05, 3.63) is 120 Å². The van der Waals surface area contributed by atoms with Crippen molar-refractivity contribution >= 4 is 42.5 Å². The topological polar surface area (TPSA) is 17.8 Å². The zero-order valence-electron chi connectivity index (χ0n) is 20.2. The number of nitrogens with zero attached hydrogens (tertiary/aromatic N) is 2. The summed E-state index contributed by atoms with van der Waals surface area (Å²) in [6.07, 6.45) is 0. The van der Waals surface area contributed by atoms with Gasteiger partial charge in [0.1, 0.15) is 5.82 Å². The first-order valence-electron chi connectivity index (χ1n) is 12.2. The molecule has 0 saturated heterocycles. The van der Waals surface area contributed by atoms with Gasteiger partial charge in [-0.15, -0.1) is 11.3 Å². The van der Waals surface area contributed by atoms with Gasteiger partial charge >= 0.3 is 0 Å². The highest BCUT2D eigenvalue weighted by atomic mass is 32.1. The zero-order chi connectivity index (χ0) is 24.2. The SMILES string of the molecule is Cc1cccc(C)c1-n1c(-c2ccc3sc4c(-c5ccccc5)cccc4c3c2)nc2ccccc21. The third-order valence-electron chi connectivity index (χ3n) is 7.06. The Balaban J connectivity index is 1.50. The van der Waals surface area contributed by atoms with E-state index in [9.17, 15) is 0 Å². The molecule has 2 aromatic heterocycles. The molecule has 172 valence electrons. The van der Waals surface area contributed by atoms with Crippen LogP contribution in [0.4, 0.5) is 0 Å². The first-order chi connectivity index (χ1) is 17.7. The summed E-state index contributed by atoms with van der Waals surface area (Å²) in [6, 6.07) is 39.1. The summed E-state index contributed by atoms with van der Waals surface area (Å²) in [5.41, 5.74) is 9.52. The van der Waals surface area contributed by atoms with Crippen LogP contribution < -0.4 is 0 Å². The number of hydrogen-bond donors (Lipinski definition) is 0. The van der Waals surface area contributed by atoms with Crippen LogP contribution in [0.15, 0.2) is 109 Å². The molecule has 0 aliphatic carbocycles. The van der Waals surface area contributed by atoms with E-state index in [0.717, 1.165) is 22.4 Å². The van der Waals surface area contributed by atoms with Crippen molar-refractivity contribution in [2.75, 3.05) is 0 Å². The second kappa shape index (κ2) is 8.18. The fraction of sp³-hybridized carbons (Fsp3) is 0.0606. The van der Waals surface area contributed by atoms with Gasteiger partial charge in [0.2, 0.25) is 0 Å². The Labute approximate surface area is 214 Å². The van der Waals surface area contributed by atoms with Crippen molar-refractivity contribution in [1.82, 2.24) is 9.55 Å². The summed E-state index contributed by atoms with van der Waals surface area (Å²) in [5, 5.41) is 2.58. The molecule has 2 nitrogen and oxygen atoms in total. The number of thiophene rings is 1. The molecule has 0 amide bonds. The molecule has 0 aliphatic rings. The highest BCUT2D eigenvalue weighted by Gasteiger charge is 2.18. The maximum atomic E-state index is 5.14. The molecule has 0 fully saturated rings. The third-order valence-corrected chi connectivity index (χ3v) is 8.28. The maximum Gasteiger partial charge on any atom is 0.145 e. The molecule has 0 spiro atoms. The lowest BCUT2D eigenvalue weighted by Crippen LogP contribution is -2.02. The van der Waals surface area contributed by atoms with Crippen LogP contribution in [0.5, 0.6) is 0 Å². The van der Waals surface area contributed by atoms with E-state index in [1.165, 1.54) is 48.1 Å².